The third kappa shape index (κ3) is 4.79. The lowest BCUT2D eigenvalue weighted by molar-refractivity contribution is -0.947. The normalized spacial score (nSPS) is 12.8. The zero-order chi connectivity index (χ0) is 15.2. The molecule has 20 heavy (non-hydrogen) atoms. The summed E-state index contributed by atoms with van der Waals surface area (Å²) in [6, 6.07) is 10.0. The first kappa shape index (κ1) is 16.4. The highest BCUT2D eigenvalue weighted by atomic mass is 16.6. The van der Waals surface area contributed by atoms with E-state index >= 15 is 0 Å². The van der Waals surface area contributed by atoms with Gasteiger partial charge in [-0.05, 0) is 6.92 Å². The molecule has 0 saturated heterocycles. The first-order chi connectivity index (χ1) is 9.36. The average molecular weight is 278 g/mol. The minimum Gasteiger partial charge on any atom is -0.409 e. The van der Waals surface area contributed by atoms with E-state index in [9.17, 15) is 9.90 Å². The molecule has 0 aliphatic rings. The zero-order valence-electron chi connectivity index (χ0n) is 12.5. The van der Waals surface area contributed by atoms with Crippen LogP contribution in [0.2, 0.25) is 0 Å². The molecule has 1 rings (SSSR count). The Kier molecular flexibility index (Phi) is 5.92. The lowest BCUT2D eigenvalue weighted by Crippen LogP contribution is -2.50. The van der Waals surface area contributed by atoms with Crippen LogP contribution in [0.1, 0.15) is 18.9 Å². The van der Waals surface area contributed by atoms with Gasteiger partial charge in [-0.2, -0.15) is 0 Å². The van der Waals surface area contributed by atoms with E-state index in [1.807, 2.05) is 44.4 Å². The van der Waals surface area contributed by atoms with Crippen molar-refractivity contribution in [3.8, 4) is 0 Å². The standard InChI is InChI=1S/C16H24NO3/c1-13(2)16(19)20-15(10-11-18)17(3,4)12-14-8-6-5-7-9-14/h5-9,15,18H,1,10-12H2,2-4H3/q+1. The molecule has 0 aliphatic carbocycles. The number of carbonyl (C=O) groups is 1. The summed E-state index contributed by atoms with van der Waals surface area (Å²) in [6.45, 7) is 5.90. The minimum atomic E-state index is -0.414. The van der Waals surface area contributed by atoms with Gasteiger partial charge in [0.05, 0.1) is 27.1 Å². The maximum absolute atomic E-state index is 11.7. The number of nitrogens with zero attached hydrogens (tertiary/aromatic N) is 1. The van der Waals surface area contributed by atoms with Crippen LogP contribution in [0.5, 0.6) is 0 Å². The lowest BCUT2D eigenvalue weighted by Gasteiger charge is -2.37. The van der Waals surface area contributed by atoms with E-state index in [0.29, 0.717) is 16.5 Å². The Morgan fingerprint density at radius 3 is 2.45 bits per heavy atom. The van der Waals surface area contributed by atoms with E-state index in [1.54, 1.807) is 6.92 Å². The molecule has 1 aromatic carbocycles. The third-order valence-electron chi connectivity index (χ3n) is 3.18. The van der Waals surface area contributed by atoms with Crippen molar-refractivity contribution in [3.05, 3.63) is 48.0 Å². The highest BCUT2D eigenvalue weighted by Crippen LogP contribution is 2.18. The van der Waals surface area contributed by atoms with E-state index in [0.717, 1.165) is 12.1 Å². The molecule has 0 radical (unpaired) electrons. The van der Waals surface area contributed by atoms with Crippen molar-refractivity contribution in [1.29, 1.82) is 0 Å². The van der Waals surface area contributed by atoms with Crippen LogP contribution < -0.4 is 0 Å². The fourth-order valence-electron chi connectivity index (χ4n) is 2.04. The van der Waals surface area contributed by atoms with Crippen LogP contribution in [0, 0.1) is 0 Å². The first-order valence-corrected chi connectivity index (χ1v) is 6.71. The van der Waals surface area contributed by atoms with E-state index in [2.05, 4.69) is 6.58 Å². The number of hydrogen-bond donors (Lipinski definition) is 1. The van der Waals surface area contributed by atoms with Crippen molar-refractivity contribution in [1.82, 2.24) is 0 Å². The Hall–Kier alpha value is -1.65. The Labute approximate surface area is 120 Å². The van der Waals surface area contributed by atoms with Gasteiger partial charge in [0.1, 0.15) is 6.54 Å². The topological polar surface area (TPSA) is 46.5 Å². The average Bonchev–Trinajstić information content (AvgIpc) is 2.38. The molecule has 1 aromatic rings. The number of benzene rings is 1. The molecule has 4 heteroatoms. The van der Waals surface area contributed by atoms with Crippen molar-refractivity contribution >= 4 is 5.97 Å². The van der Waals surface area contributed by atoms with Gasteiger partial charge in [-0.15, -0.1) is 0 Å². The Morgan fingerprint density at radius 1 is 1.35 bits per heavy atom. The largest absolute Gasteiger partial charge is 0.409 e. The molecule has 0 heterocycles. The quantitative estimate of drug-likeness (QED) is 0.359. The van der Waals surface area contributed by atoms with E-state index < -0.39 is 12.2 Å². The van der Waals surface area contributed by atoms with Crippen LogP contribution in [-0.4, -0.2) is 42.5 Å². The van der Waals surface area contributed by atoms with Gasteiger partial charge in [0, 0.05) is 11.1 Å². The van der Waals surface area contributed by atoms with Crippen molar-refractivity contribution in [2.45, 2.75) is 26.1 Å². The Bertz CT molecular complexity index is 454. The highest BCUT2D eigenvalue weighted by Gasteiger charge is 2.31. The summed E-state index contributed by atoms with van der Waals surface area (Å²) in [5.74, 6) is -0.414. The Balaban J connectivity index is 2.82. The van der Waals surface area contributed by atoms with Crippen LogP contribution in [0.15, 0.2) is 42.5 Å². The molecule has 0 aromatic heterocycles. The maximum atomic E-state index is 11.7. The zero-order valence-corrected chi connectivity index (χ0v) is 12.5. The second kappa shape index (κ2) is 7.22. The summed E-state index contributed by atoms with van der Waals surface area (Å²) >= 11 is 0. The summed E-state index contributed by atoms with van der Waals surface area (Å²) in [6.07, 6.45) is 0.00294. The summed E-state index contributed by atoms with van der Waals surface area (Å²) in [5, 5.41) is 9.19. The van der Waals surface area contributed by atoms with Crippen LogP contribution in [-0.2, 0) is 16.1 Å². The number of quaternary nitrogens is 1. The van der Waals surface area contributed by atoms with Crippen LogP contribution in [0.3, 0.4) is 0 Å². The molecule has 4 nitrogen and oxygen atoms in total. The van der Waals surface area contributed by atoms with Crippen molar-refractivity contribution < 1.29 is 19.1 Å². The molecule has 0 saturated carbocycles. The third-order valence-corrected chi connectivity index (χ3v) is 3.18. The molecule has 1 unspecified atom stereocenters. The van der Waals surface area contributed by atoms with Crippen molar-refractivity contribution in [2.75, 3.05) is 20.7 Å². The molecule has 1 N–H and O–H groups in total. The molecule has 110 valence electrons. The summed E-state index contributed by atoms with van der Waals surface area (Å²) in [4.78, 5) is 11.7. The van der Waals surface area contributed by atoms with Gasteiger partial charge in [-0.1, -0.05) is 36.9 Å². The smallest absolute Gasteiger partial charge is 0.337 e. The number of hydrogen-bond acceptors (Lipinski definition) is 3. The predicted molar refractivity (Wildman–Crippen MR) is 78.7 cm³/mol. The second-order valence-corrected chi connectivity index (χ2v) is 5.57. The first-order valence-electron chi connectivity index (χ1n) is 6.71. The van der Waals surface area contributed by atoms with Crippen molar-refractivity contribution in [3.63, 3.8) is 0 Å². The van der Waals surface area contributed by atoms with Gasteiger partial charge < -0.3 is 9.84 Å². The number of ether oxygens (including phenoxy) is 1. The molecule has 0 spiro atoms. The molecular formula is C16H24NO3+. The van der Waals surface area contributed by atoms with Gasteiger partial charge in [0.2, 0.25) is 6.23 Å². The number of rotatable bonds is 7. The molecule has 0 fully saturated rings. The fraction of sp³-hybridized carbons (Fsp3) is 0.438. The maximum Gasteiger partial charge on any atom is 0.337 e. The van der Waals surface area contributed by atoms with Gasteiger partial charge >= 0.3 is 5.97 Å². The second-order valence-electron chi connectivity index (χ2n) is 5.57. The molecule has 0 amide bonds. The number of carbonyl (C=O) groups excluding carboxylic acids is 1. The molecular weight excluding hydrogens is 254 g/mol. The summed E-state index contributed by atoms with van der Waals surface area (Å²) in [5.41, 5.74) is 1.53. The van der Waals surface area contributed by atoms with Gasteiger partial charge in [-0.3, -0.25) is 4.48 Å². The van der Waals surface area contributed by atoms with Crippen LogP contribution in [0.4, 0.5) is 0 Å². The lowest BCUT2D eigenvalue weighted by atomic mass is 10.2. The van der Waals surface area contributed by atoms with Crippen LogP contribution >= 0.6 is 0 Å². The van der Waals surface area contributed by atoms with E-state index in [-0.39, 0.29) is 6.61 Å². The fourth-order valence-corrected chi connectivity index (χ4v) is 2.04. The number of aliphatic hydroxyl groups excluding tert-OH is 1. The number of aliphatic hydroxyl groups is 1. The predicted octanol–water partition coefficient (Wildman–Crippen LogP) is 2.09. The molecule has 1 atom stereocenters. The van der Waals surface area contributed by atoms with Gasteiger partial charge in [-0.25, -0.2) is 4.79 Å². The van der Waals surface area contributed by atoms with E-state index in [4.69, 9.17) is 4.74 Å². The number of esters is 1. The van der Waals surface area contributed by atoms with Crippen molar-refractivity contribution in [2.24, 2.45) is 0 Å². The Morgan fingerprint density at radius 2 is 1.95 bits per heavy atom. The van der Waals surface area contributed by atoms with E-state index in [1.165, 1.54) is 0 Å². The summed E-state index contributed by atoms with van der Waals surface area (Å²) in [7, 11) is 3.97. The summed E-state index contributed by atoms with van der Waals surface area (Å²) < 4.78 is 5.92. The van der Waals surface area contributed by atoms with Gasteiger partial charge in [0.15, 0.2) is 0 Å². The monoisotopic (exact) mass is 278 g/mol. The minimum absolute atomic E-state index is 0.0232. The molecule has 0 aliphatic heterocycles. The highest BCUT2D eigenvalue weighted by molar-refractivity contribution is 5.86. The molecule has 0 bridgehead atoms. The SMILES string of the molecule is C=C(C)C(=O)OC(CCO)[N+](C)(C)Cc1ccccc1. The van der Waals surface area contributed by atoms with Crippen LogP contribution in [0.25, 0.3) is 0 Å². The van der Waals surface area contributed by atoms with Gasteiger partial charge in [0.25, 0.3) is 0 Å².